The summed E-state index contributed by atoms with van der Waals surface area (Å²) in [6, 6.07) is 1.90. The number of nitrogens with zero attached hydrogens (tertiary/aromatic N) is 1. The van der Waals surface area contributed by atoms with Gasteiger partial charge in [-0.3, -0.25) is 4.79 Å². The lowest BCUT2D eigenvalue weighted by Crippen LogP contribution is -2.52. The third-order valence-electron chi connectivity index (χ3n) is 3.75. The Bertz CT molecular complexity index is 373. The van der Waals surface area contributed by atoms with E-state index in [-0.39, 0.29) is 12.8 Å². The lowest BCUT2D eigenvalue weighted by Gasteiger charge is -2.26. The van der Waals surface area contributed by atoms with Crippen molar-refractivity contribution in [3.8, 4) is 6.07 Å². The van der Waals surface area contributed by atoms with Crippen molar-refractivity contribution in [3.63, 3.8) is 0 Å². The number of hydrogen-bond acceptors (Lipinski definition) is 2. The van der Waals surface area contributed by atoms with E-state index in [1.165, 1.54) is 0 Å². The SMILES string of the molecule is N#CC1(C(=O)NC2(C(F)(F)F)CC2)CCCC1. The Morgan fingerprint density at radius 3 is 2.06 bits per heavy atom. The van der Waals surface area contributed by atoms with E-state index in [1.54, 1.807) is 0 Å². The molecule has 2 aliphatic rings. The van der Waals surface area contributed by atoms with E-state index in [2.05, 4.69) is 5.32 Å². The van der Waals surface area contributed by atoms with Gasteiger partial charge in [-0.25, -0.2) is 0 Å². The second-order valence-electron chi connectivity index (χ2n) is 4.94. The van der Waals surface area contributed by atoms with Gasteiger partial charge >= 0.3 is 6.18 Å². The monoisotopic (exact) mass is 246 g/mol. The molecule has 2 fully saturated rings. The highest BCUT2D eigenvalue weighted by atomic mass is 19.4. The van der Waals surface area contributed by atoms with Gasteiger partial charge in [-0.15, -0.1) is 0 Å². The maximum atomic E-state index is 12.7. The van der Waals surface area contributed by atoms with E-state index in [0.29, 0.717) is 12.8 Å². The normalized spacial score (nSPS) is 25.1. The average molecular weight is 246 g/mol. The fraction of sp³-hybridized carbons (Fsp3) is 0.818. The average Bonchev–Trinajstić information content (AvgIpc) is 2.89. The molecule has 2 aliphatic carbocycles. The number of halogens is 3. The molecule has 0 radical (unpaired) electrons. The number of hydrogen-bond donors (Lipinski definition) is 1. The molecular formula is C11H13F3N2O. The predicted molar refractivity (Wildman–Crippen MR) is 52.7 cm³/mol. The number of rotatable bonds is 2. The van der Waals surface area contributed by atoms with Crippen LogP contribution in [-0.4, -0.2) is 17.6 Å². The van der Waals surface area contributed by atoms with Crippen LogP contribution in [0.3, 0.4) is 0 Å². The van der Waals surface area contributed by atoms with Crippen molar-refractivity contribution in [2.75, 3.05) is 0 Å². The first-order chi connectivity index (χ1) is 7.85. The van der Waals surface area contributed by atoms with E-state index in [4.69, 9.17) is 5.26 Å². The first-order valence-corrected chi connectivity index (χ1v) is 5.66. The third-order valence-corrected chi connectivity index (χ3v) is 3.75. The Hall–Kier alpha value is -1.25. The van der Waals surface area contributed by atoms with Gasteiger partial charge in [0.1, 0.15) is 11.0 Å². The quantitative estimate of drug-likeness (QED) is 0.812. The summed E-state index contributed by atoms with van der Waals surface area (Å²) in [5, 5.41) is 11.1. The van der Waals surface area contributed by atoms with Gasteiger partial charge in [-0.05, 0) is 25.7 Å². The van der Waals surface area contributed by atoms with Crippen LogP contribution in [0.4, 0.5) is 13.2 Å². The number of nitriles is 1. The van der Waals surface area contributed by atoms with Crippen LogP contribution in [0.2, 0.25) is 0 Å². The summed E-state index contributed by atoms with van der Waals surface area (Å²) in [7, 11) is 0. The number of carbonyl (C=O) groups is 1. The molecule has 0 heterocycles. The molecular weight excluding hydrogens is 233 g/mol. The van der Waals surface area contributed by atoms with Crippen molar-refractivity contribution in [3.05, 3.63) is 0 Å². The highest BCUT2D eigenvalue weighted by molar-refractivity contribution is 5.86. The highest BCUT2D eigenvalue weighted by Crippen LogP contribution is 2.50. The van der Waals surface area contributed by atoms with Gasteiger partial charge in [0.25, 0.3) is 0 Å². The molecule has 0 unspecified atom stereocenters. The summed E-state index contributed by atoms with van der Waals surface area (Å²) in [5.74, 6) is -0.743. The molecule has 17 heavy (non-hydrogen) atoms. The molecule has 2 saturated carbocycles. The fourth-order valence-corrected chi connectivity index (χ4v) is 2.31. The smallest absolute Gasteiger partial charge is 0.341 e. The molecule has 2 rings (SSSR count). The summed E-state index contributed by atoms with van der Waals surface area (Å²) in [5.41, 5.74) is -3.29. The Morgan fingerprint density at radius 1 is 1.18 bits per heavy atom. The van der Waals surface area contributed by atoms with Crippen LogP contribution in [0, 0.1) is 16.7 Å². The summed E-state index contributed by atoms with van der Waals surface area (Å²) in [4.78, 5) is 11.9. The lowest BCUT2D eigenvalue weighted by atomic mass is 9.86. The van der Waals surface area contributed by atoms with E-state index < -0.39 is 23.0 Å². The van der Waals surface area contributed by atoms with Gasteiger partial charge in [0.05, 0.1) is 6.07 Å². The zero-order valence-corrected chi connectivity index (χ0v) is 9.23. The molecule has 0 aliphatic heterocycles. The van der Waals surface area contributed by atoms with Crippen LogP contribution in [-0.2, 0) is 4.79 Å². The molecule has 0 spiro atoms. The Morgan fingerprint density at radius 2 is 1.71 bits per heavy atom. The van der Waals surface area contributed by atoms with E-state index in [0.717, 1.165) is 12.8 Å². The molecule has 0 atom stereocenters. The first kappa shape index (κ1) is 12.2. The number of nitrogens with one attached hydrogen (secondary N) is 1. The molecule has 1 N–H and O–H groups in total. The van der Waals surface area contributed by atoms with Crippen molar-refractivity contribution in [1.29, 1.82) is 5.26 Å². The van der Waals surface area contributed by atoms with Crippen molar-refractivity contribution < 1.29 is 18.0 Å². The Kier molecular flexibility index (Phi) is 2.60. The van der Waals surface area contributed by atoms with E-state index >= 15 is 0 Å². The molecule has 94 valence electrons. The fourth-order valence-electron chi connectivity index (χ4n) is 2.31. The van der Waals surface area contributed by atoms with Crippen molar-refractivity contribution in [2.45, 2.75) is 50.2 Å². The first-order valence-electron chi connectivity index (χ1n) is 5.66. The van der Waals surface area contributed by atoms with Gasteiger partial charge in [0.2, 0.25) is 5.91 Å². The highest BCUT2D eigenvalue weighted by Gasteiger charge is 2.65. The molecule has 0 aromatic rings. The molecule has 6 heteroatoms. The van der Waals surface area contributed by atoms with Crippen LogP contribution >= 0.6 is 0 Å². The molecule has 0 aromatic carbocycles. The molecule has 0 saturated heterocycles. The van der Waals surface area contributed by atoms with Gasteiger partial charge in [-0.2, -0.15) is 18.4 Å². The predicted octanol–water partition coefficient (Wildman–Crippen LogP) is 2.28. The van der Waals surface area contributed by atoms with Crippen molar-refractivity contribution in [1.82, 2.24) is 5.32 Å². The topological polar surface area (TPSA) is 52.9 Å². The maximum Gasteiger partial charge on any atom is 0.411 e. The van der Waals surface area contributed by atoms with Gasteiger partial charge in [0, 0.05) is 0 Å². The summed E-state index contributed by atoms with van der Waals surface area (Å²) in [6.45, 7) is 0. The zero-order chi connectivity index (χ0) is 12.7. The van der Waals surface area contributed by atoms with Crippen molar-refractivity contribution in [2.24, 2.45) is 5.41 Å². The minimum absolute atomic E-state index is 0.0796. The van der Waals surface area contributed by atoms with Crippen molar-refractivity contribution >= 4 is 5.91 Å². The van der Waals surface area contributed by atoms with Crippen LogP contribution in [0.5, 0.6) is 0 Å². The lowest BCUT2D eigenvalue weighted by molar-refractivity contribution is -0.172. The number of amides is 1. The Balaban J connectivity index is 2.10. The van der Waals surface area contributed by atoms with E-state index in [9.17, 15) is 18.0 Å². The third kappa shape index (κ3) is 1.88. The minimum atomic E-state index is -4.42. The standard InChI is InChI=1S/C11H13F3N2O/c12-11(13,14)10(5-6-10)16-8(17)9(7-15)3-1-2-4-9/h1-6H2,(H,16,17). The van der Waals surface area contributed by atoms with Crippen LogP contribution in [0.25, 0.3) is 0 Å². The summed E-state index contributed by atoms with van der Waals surface area (Å²) in [6.07, 6.45) is -2.40. The second-order valence-corrected chi connectivity index (χ2v) is 4.94. The van der Waals surface area contributed by atoms with Gasteiger partial charge < -0.3 is 5.32 Å². The summed E-state index contributed by atoms with van der Waals surface area (Å²) < 4.78 is 38.0. The zero-order valence-electron chi connectivity index (χ0n) is 9.23. The van der Waals surface area contributed by atoms with Crippen LogP contribution in [0.1, 0.15) is 38.5 Å². The summed E-state index contributed by atoms with van der Waals surface area (Å²) >= 11 is 0. The number of alkyl halides is 3. The number of carbonyl (C=O) groups excluding carboxylic acids is 1. The van der Waals surface area contributed by atoms with Crippen LogP contribution in [0.15, 0.2) is 0 Å². The Labute approximate surface area is 97.0 Å². The minimum Gasteiger partial charge on any atom is -0.341 e. The largest absolute Gasteiger partial charge is 0.411 e. The molecule has 0 bridgehead atoms. The van der Waals surface area contributed by atoms with E-state index in [1.807, 2.05) is 6.07 Å². The second kappa shape index (κ2) is 3.62. The van der Waals surface area contributed by atoms with Crippen LogP contribution < -0.4 is 5.32 Å². The molecule has 3 nitrogen and oxygen atoms in total. The van der Waals surface area contributed by atoms with Gasteiger partial charge in [-0.1, -0.05) is 12.8 Å². The van der Waals surface area contributed by atoms with Gasteiger partial charge in [0.15, 0.2) is 0 Å². The molecule has 1 amide bonds. The maximum absolute atomic E-state index is 12.7. The molecule has 0 aromatic heterocycles.